The quantitative estimate of drug-likeness (QED) is 0.738. The van der Waals surface area contributed by atoms with Crippen molar-refractivity contribution in [3.05, 3.63) is 35.9 Å². The summed E-state index contributed by atoms with van der Waals surface area (Å²) in [4.78, 5) is 13.1. The van der Waals surface area contributed by atoms with Gasteiger partial charge in [0, 0.05) is 11.0 Å². The second kappa shape index (κ2) is 5.45. The monoisotopic (exact) mass is 320 g/mol. The number of ketones is 1. The van der Waals surface area contributed by atoms with E-state index in [0.717, 1.165) is 25.7 Å². The molecule has 2 aliphatic rings. The lowest BCUT2D eigenvalue weighted by Crippen LogP contribution is -2.31. The maximum absolute atomic E-state index is 13.1. The van der Waals surface area contributed by atoms with Crippen molar-refractivity contribution in [3.8, 4) is 12.1 Å². The molecule has 0 amide bonds. The van der Waals surface area contributed by atoms with Crippen molar-refractivity contribution >= 4 is 5.78 Å². The van der Waals surface area contributed by atoms with Crippen LogP contribution in [0, 0.1) is 50.7 Å². The number of nitriles is 2. The highest BCUT2D eigenvalue weighted by atomic mass is 16.1. The zero-order chi connectivity index (χ0) is 17.6. The van der Waals surface area contributed by atoms with E-state index in [9.17, 15) is 15.3 Å². The van der Waals surface area contributed by atoms with Gasteiger partial charge in [0.15, 0.2) is 5.78 Å². The summed E-state index contributed by atoms with van der Waals surface area (Å²) in [6.07, 6.45) is 3.60. The smallest absolute Gasteiger partial charge is 0.185 e. The number of nitrogens with zero attached hydrogens (tertiary/aromatic N) is 2. The molecule has 0 radical (unpaired) electrons. The van der Waals surface area contributed by atoms with Gasteiger partial charge in [-0.05, 0) is 37.0 Å². The molecule has 0 N–H and O–H groups in total. The summed E-state index contributed by atoms with van der Waals surface area (Å²) >= 11 is 0. The molecule has 1 spiro atoms. The molecular weight excluding hydrogens is 296 g/mol. The Bertz CT molecular complexity index is 724. The fourth-order valence-corrected chi connectivity index (χ4v) is 4.90. The van der Waals surface area contributed by atoms with Crippen LogP contribution in [0.2, 0.25) is 0 Å². The topological polar surface area (TPSA) is 64.7 Å². The Morgan fingerprint density at radius 1 is 1.12 bits per heavy atom. The van der Waals surface area contributed by atoms with Crippen LogP contribution in [0.1, 0.15) is 56.8 Å². The summed E-state index contributed by atoms with van der Waals surface area (Å²) in [6, 6.07) is 13.6. The van der Waals surface area contributed by atoms with Crippen molar-refractivity contribution in [2.24, 2.45) is 28.1 Å². The third-order valence-corrected chi connectivity index (χ3v) is 6.49. The van der Waals surface area contributed by atoms with Gasteiger partial charge in [0.2, 0.25) is 0 Å². The summed E-state index contributed by atoms with van der Waals surface area (Å²) in [5.41, 5.74) is -0.803. The minimum Gasteiger partial charge on any atom is -0.292 e. The molecule has 0 heterocycles. The number of carbonyl (C=O) groups excluding carboxylic acids is 1. The first-order valence-electron chi connectivity index (χ1n) is 8.74. The molecule has 124 valence electrons. The summed E-state index contributed by atoms with van der Waals surface area (Å²) < 4.78 is 0. The van der Waals surface area contributed by atoms with E-state index in [1.54, 1.807) is 12.1 Å². The summed E-state index contributed by atoms with van der Waals surface area (Å²) in [7, 11) is 0. The molecule has 2 saturated carbocycles. The highest BCUT2D eigenvalue weighted by Crippen LogP contribution is 2.76. The Morgan fingerprint density at radius 2 is 1.71 bits per heavy atom. The molecule has 0 bridgehead atoms. The SMILES string of the molecule is CC(C)(C)C1CCC2(CC1)[C@H](C#N)[C@]2(C#N)C(=O)c1ccccc1. The minimum absolute atomic E-state index is 0.161. The lowest BCUT2D eigenvalue weighted by molar-refractivity contribution is 0.0844. The number of hydrogen-bond acceptors (Lipinski definition) is 3. The van der Waals surface area contributed by atoms with Crippen LogP contribution in [0.5, 0.6) is 0 Å². The predicted octanol–water partition coefficient (Wildman–Crippen LogP) is 4.76. The predicted molar refractivity (Wildman–Crippen MR) is 91.8 cm³/mol. The summed E-state index contributed by atoms with van der Waals surface area (Å²) in [5, 5.41) is 19.6. The van der Waals surface area contributed by atoms with Crippen LogP contribution >= 0.6 is 0 Å². The zero-order valence-electron chi connectivity index (χ0n) is 14.7. The maximum atomic E-state index is 13.1. The average Bonchev–Trinajstić information content (AvgIpc) is 3.14. The fourth-order valence-electron chi connectivity index (χ4n) is 4.90. The van der Waals surface area contributed by atoms with Crippen molar-refractivity contribution in [2.75, 3.05) is 0 Å². The fraction of sp³-hybridized carbons (Fsp3) is 0.571. The maximum Gasteiger partial charge on any atom is 0.185 e. The Kier molecular flexibility index (Phi) is 3.80. The lowest BCUT2D eigenvalue weighted by Gasteiger charge is -2.38. The van der Waals surface area contributed by atoms with Crippen LogP contribution in [-0.2, 0) is 0 Å². The van der Waals surface area contributed by atoms with Crippen LogP contribution in [0.4, 0.5) is 0 Å². The van der Waals surface area contributed by atoms with E-state index in [1.165, 1.54) is 0 Å². The van der Waals surface area contributed by atoms with E-state index < -0.39 is 16.7 Å². The summed E-state index contributed by atoms with van der Waals surface area (Å²) in [6.45, 7) is 6.74. The molecule has 2 fully saturated rings. The molecule has 1 aromatic carbocycles. The third-order valence-electron chi connectivity index (χ3n) is 6.49. The molecule has 2 aliphatic carbocycles. The Hall–Kier alpha value is -2.13. The van der Waals surface area contributed by atoms with Gasteiger partial charge in [-0.3, -0.25) is 4.79 Å². The van der Waals surface area contributed by atoms with Crippen molar-refractivity contribution in [2.45, 2.75) is 46.5 Å². The average molecular weight is 320 g/mol. The van der Waals surface area contributed by atoms with Gasteiger partial charge < -0.3 is 0 Å². The highest BCUT2D eigenvalue weighted by Gasteiger charge is 2.81. The largest absolute Gasteiger partial charge is 0.292 e. The standard InChI is InChI=1S/C21H24N2O/c1-19(2,3)16-9-11-20(12-10-16)17(13-22)21(20,14-23)18(24)15-7-5-4-6-8-15/h4-8,16-17H,9-12H2,1-3H3/t16?,17-,20?,21+/m0/s1. The first-order valence-corrected chi connectivity index (χ1v) is 8.74. The molecule has 0 aromatic heterocycles. The van der Waals surface area contributed by atoms with Crippen LogP contribution in [0.3, 0.4) is 0 Å². The van der Waals surface area contributed by atoms with E-state index in [2.05, 4.69) is 32.9 Å². The van der Waals surface area contributed by atoms with Gasteiger partial charge in [-0.2, -0.15) is 10.5 Å². The van der Waals surface area contributed by atoms with E-state index in [-0.39, 0.29) is 11.2 Å². The van der Waals surface area contributed by atoms with Gasteiger partial charge in [0.05, 0.1) is 18.1 Å². The van der Waals surface area contributed by atoms with Gasteiger partial charge in [-0.25, -0.2) is 0 Å². The molecular formula is C21H24N2O. The number of hydrogen-bond donors (Lipinski definition) is 0. The molecule has 0 unspecified atom stereocenters. The van der Waals surface area contributed by atoms with Crippen molar-refractivity contribution < 1.29 is 4.79 Å². The Labute approximate surface area is 144 Å². The van der Waals surface area contributed by atoms with E-state index in [0.29, 0.717) is 11.5 Å². The first-order chi connectivity index (χ1) is 11.3. The molecule has 24 heavy (non-hydrogen) atoms. The Balaban J connectivity index is 1.92. The normalized spacial score (nSPS) is 35.0. The molecule has 3 nitrogen and oxygen atoms in total. The number of carbonyl (C=O) groups is 1. The van der Waals surface area contributed by atoms with Crippen molar-refractivity contribution in [3.63, 3.8) is 0 Å². The van der Waals surface area contributed by atoms with E-state index >= 15 is 0 Å². The summed E-state index contributed by atoms with van der Waals surface area (Å²) in [5.74, 6) is -0.0405. The third kappa shape index (κ3) is 2.11. The molecule has 3 heteroatoms. The number of benzene rings is 1. The van der Waals surface area contributed by atoms with Crippen LogP contribution in [-0.4, -0.2) is 5.78 Å². The van der Waals surface area contributed by atoms with Crippen LogP contribution in [0.15, 0.2) is 30.3 Å². The molecule has 3 rings (SSSR count). The number of rotatable bonds is 2. The van der Waals surface area contributed by atoms with Crippen molar-refractivity contribution in [1.29, 1.82) is 10.5 Å². The van der Waals surface area contributed by atoms with Crippen LogP contribution in [0.25, 0.3) is 0 Å². The van der Waals surface area contributed by atoms with E-state index in [1.807, 2.05) is 18.2 Å². The molecule has 2 atom stereocenters. The van der Waals surface area contributed by atoms with Gasteiger partial charge in [0.25, 0.3) is 0 Å². The first kappa shape index (κ1) is 16.7. The van der Waals surface area contributed by atoms with Gasteiger partial charge in [-0.15, -0.1) is 0 Å². The molecule has 1 aromatic rings. The highest BCUT2D eigenvalue weighted by molar-refractivity contribution is 6.06. The lowest BCUT2D eigenvalue weighted by atomic mass is 9.66. The van der Waals surface area contributed by atoms with E-state index in [4.69, 9.17) is 0 Å². The number of Topliss-reactive ketones (excluding diaryl/α,β-unsaturated/α-hetero) is 1. The zero-order valence-corrected chi connectivity index (χ0v) is 14.7. The second-order valence-corrected chi connectivity index (χ2v) is 8.47. The van der Waals surface area contributed by atoms with Gasteiger partial charge in [-0.1, -0.05) is 51.1 Å². The van der Waals surface area contributed by atoms with Crippen molar-refractivity contribution in [1.82, 2.24) is 0 Å². The van der Waals surface area contributed by atoms with Crippen LogP contribution < -0.4 is 0 Å². The van der Waals surface area contributed by atoms with Gasteiger partial charge in [0.1, 0.15) is 5.41 Å². The molecule has 0 aliphatic heterocycles. The minimum atomic E-state index is -1.15. The molecule has 0 saturated heterocycles. The second-order valence-electron chi connectivity index (χ2n) is 8.47. The van der Waals surface area contributed by atoms with Gasteiger partial charge >= 0.3 is 0 Å². The Morgan fingerprint density at radius 3 is 2.17 bits per heavy atom.